The average molecular weight is 591 g/mol. The molecule has 190 valence electrons. The first kappa shape index (κ1) is 26.7. The second-order valence-corrected chi connectivity index (χ2v) is 12.2. The number of hydrogen-bond donors (Lipinski definition) is 0. The molecule has 0 aliphatic carbocycles. The number of rotatable bonds is 7. The molecule has 0 saturated carbocycles. The first-order valence-corrected chi connectivity index (χ1v) is 14.4. The van der Waals surface area contributed by atoms with E-state index >= 15 is 0 Å². The smallest absolute Gasteiger partial charge is 0.243 e. The van der Waals surface area contributed by atoms with E-state index in [-0.39, 0.29) is 23.9 Å². The van der Waals surface area contributed by atoms with Crippen molar-refractivity contribution in [2.75, 3.05) is 37.6 Å². The van der Waals surface area contributed by atoms with Crippen LogP contribution in [0.25, 0.3) is 0 Å². The molecule has 0 N–H and O–H groups in total. The standard InChI is InChI=1S/C27H29BrClN3O3S/c1-20-4-3-5-26(21(20)2)30-14-16-31(17-15-30)27(33)19-32(18-22-6-8-23(28)9-7-22)36(34,35)25-12-10-24(29)11-13-25/h3-13H,14-19H2,1-2H3. The summed E-state index contributed by atoms with van der Waals surface area (Å²) in [5.41, 5.74) is 4.46. The minimum absolute atomic E-state index is 0.0897. The average Bonchev–Trinajstić information content (AvgIpc) is 2.87. The topological polar surface area (TPSA) is 60.9 Å². The molecule has 0 bridgehead atoms. The summed E-state index contributed by atoms with van der Waals surface area (Å²) in [6.07, 6.45) is 0. The van der Waals surface area contributed by atoms with Gasteiger partial charge < -0.3 is 9.80 Å². The van der Waals surface area contributed by atoms with Crippen molar-refractivity contribution in [3.8, 4) is 0 Å². The predicted molar refractivity (Wildman–Crippen MR) is 148 cm³/mol. The van der Waals surface area contributed by atoms with Gasteiger partial charge in [-0.1, -0.05) is 51.8 Å². The SMILES string of the molecule is Cc1cccc(N2CCN(C(=O)CN(Cc3ccc(Br)cc3)S(=O)(=O)c3ccc(Cl)cc3)CC2)c1C. The van der Waals surface area contributed by atoms with Crippen molar-refractivity contribution in [1.29, 1.82) is 0 Å². The Morgan fingerprint density at radius 1 is 0.944 bits per heavy atom. The monoisotopic (exact) mass is 589 g/mol. The molecule has 6 nitrogen and oxygen atoms in total. The summed E-state index contributed by atoms with van der Waals surface area (Å²) >= 11 is 9.38. The molecule has 1 saturated heterocycles. The zero-order chi connectivity index (χ0) is 25.9. The Kier molecular flexibility index (Phi) is 8.40. The predicted octanol–water partition coefficient (Wildman–Crippen LogP) is 5.26. The third-order valence-electron chi connectivity index (χ3n) is 6.58. The van der Waals surface area contributed by atoms with Crippen molar-refractivity contribution in [1.82, 2.24) is 9.21 Å². The molecule has 0 spiro atoms. The molecular weight excluding hydrogens is 562 g/mol. The molecule has 4 rings (SSSR count). The highest BCUT2D eigenvalue weighted by atomic mass is 79.9. The van der Waals surface area contributed by atoms with Crippen LogP contribution in [0, 0.1) is 13.8 Å². The third-order valence-corrected chi connectivity index (χ3v) is 9.17. The van der Waals surface area contributed by atoms with Gasteiger partial charge in [-0.2, -0.15) is 4.31 Å². The normalized spacial score (nSPS) is 14.4. The minimum atomic E-state index is -3.92. The number of nitrogens with zero attached hydrogens (tertiary/aromatic N) is 3. The number of carbonyl (C=O) groups is 1. The molecule has 3 aromatic carbocycles. The molecule has 3 aromatic rings. The summed E-state index contributed by atoms with van der Waals surface area (Å²) in [4.78, 5) is 17.5. The fraction of sp³-hybridized carbons (Fsp3) is 0.296. The zero-order valence-electron chi connectivity index (χ0n) is 20.3. The number of sulfonamides is 1. The van der Waals surface area contributed by atoms with E-state index in [4.69, 9.17) is 11.6 Å². The summed E-state index contributed by atoms with van der Waals surface area (Å²) in [6.45, 7) is 6.55. The molecule has 0 unspecified atom stereocenters. The van der Waals surface area contributed by atoms with Crippen LogP contribution in [0.15, 0.2) is 76.1 Å². The lowest BCUT2D eigenvalue weighted by molar-refractivity contribution is -0.131. The van der Waals surface area contributed by atoms with Crippen molar-refractivity contribution < 1.29 is 13.2 Å². The van der Waals surface area contributed by atoms with Crippen molar-refractivity contribution in [2.45, 2.75) is 25.3 Å². The highest BCUT2D eigenvalue weighted by molar-refractivity contribution is 9.10. The maximum atomic E-state index is 13.5. The molecule has 0 aromatic heterocycles. The molecule has 9 heteroatoms. The first-order chi connectivity index (χ1) is 17.1. The van der Waals surface area contributed by atoms with E-state index in [1.807, 2.05) is 24.3 Å². The van der Waals surface area contributed by atoms with Gasteiger partial charge in [-0.25, -0.2) is 8.42 Å². The van der Waals surface area contributed by atoms with Gasteiger partial charge in [0.15, 0.2) is 0 Å². The van der Waals surface area contributed by atoms with Crippen LogP contribution in [0.2, 0.25) is 5.02 Å². The van der Waals surface area contributed by atoms with E-state index in [1.165, 1.54) is 33.3 Å². The molecule has 1 aliphatic heterocycles. The Morgan fingerprint density at radius 2 is 1.58 bits per heavy atom. The second-order valence-electron chi connectivity index (χ2n) is 8.94. The Bertz CT molecular complexity index is 1320. The van der Waals surface area contributed by atoms with E-state index in [0.717, 1.165) is 10.0 Å². The van der Waals surface area contributed by atoms with Crippen molar-refractivity contribution in [3.63, 3.8) is 0 Å². The number of piperazine rings is 1. The Balaban J connectivity index is 1.50. The summed E-state index contributed by atoms with van der Waals surface area (Å²) in [5.74, 6) is -0.203. The van der Waals surface area contributed by atoms with E-state index in [1.54, 1.807) is 17.0 Å². The number of carbonyl (C=O) groups excluding carboxylic acids is 1. The summed E-state index contributed by atoms with van der Waals surface area (Å²) in [5, 5.41) is 0.450. The van der Waals surface area contributed by atoms with Crippen molar-refractivity contribution >= 4 is 49.1 Å². The molecule has 1 aliphatic rings. The van der Waals surface area contributed by atoms with Gasteiger partial charge in [-0.3, -0.25) is 4.79 Å². The van der Waals surface area contributed by atoms with Gasteiger partial charge in [0.1, 0.15) is 0 Å². The third kappa shape index (κ3) is 6.11. The van der Waals surface area contributed by atoms with Gasteiger partial charge in [0.05, 0.1) is 11.4 Å². The van der Waals surface area contributed by atoms with E-state index < -0.39 is 10.0 Å². The van der Waals surface area contributed by atoms with Gasteiger partial charge in [0.25, 0.3) is 0 Å². The van der Waals surface area contributed by atoms with Gasteiger partial charge in [0.2, 0.25) is 15.9 Å². The van der Waals surface area contributed by atoms with E-state index in [9.17, 15) is 13.2 Å². The van der Waals surface area contributed by atoms with Crippen LogP contribution in [0.5, 0.6) is 0 Å². The van der Waals surface area contributed by atoms with Crippen LogP contribution < -0.4 is 4.90 Å². The largest absolute Gasteiger partial charge is 0.368 e. The lowest BCUT2D eigenvalue weighted by Crippen LogP contribution is -2.52. The summed E-state index contributed by atoms with van der Waals surface area (Å²) in [7, 11) is -3.92. The van der Waals surface area contributed by atoms with Crippen LogP contribution in [-0.2, 0) is 21.4 Å². The fourth-order valence-corrected chi connectivity index (χ4v) is 6.07. The highest BCUT2D eigenvalue weighted by Gasteiger charge is 2.30. The highest BCUT2D eigenvalue weighted by Crippen LogP contribution is 2.25. The Morgan fingerprint density at radius 3 is 2.22 bits per heavy atom. The van der Waals surface area contributed by atoms with Gasteiger partial charge in [-0.05, 0) is 73.0 Å². The number of halogens is 2. The van der Waals surface area contributed by atoms with Gasteiger partial charge >= 0.3 is 0 Å². The molecule has 1 heterocycles. The van der Waals surface area contributed by atoms with Gasteiger partial charge in [0, 0.05) is 47.9 Å². The van der Waals surface area contributed by atoms with Crippen LogP contribution >= 0.6 is 27.5 Å². The second kappa shape index (κ2) is 11.3. The summed E-state index contributed by atoms with van der Waals surface area (Å²) < 4.78 is 29.2. The van der Waals surface area contributed by atoms with Crippen molar-refractivity contribution in [2.24, 2.45) is 0 Å². The number of hydrogen-bond acceptors (Lipinski definition) is 4. The molecule has 36 heavy (non-hydrogen) atoms. The maximum absolute atomic E-state index is 13.5. The number of amides is 1. The quantitative estimate of drug-likeness (QED) is 0.377. The zero-order valence-corrected chi connectivity index (χ0v) is 23.5. The Labute approximate surface area is 226 Å². The maximum Gasteiger partial charge on any atom is 0.243 e. The molecule has 0 radical (unpaired) electrons. The van der Waals surface area contributed by atoms with Gasteiger partial charge in [-0.15, -0.1) is 0 Å². The minimum Gasteiger partial charge on any atom is -0.368 e. The number of anilines is 1. The lowest BCUT2D eigenvalue weighted by Gasteiger charge is -2.37. The molecular formula is C27H29BrClN3O3S. The van der Waals surface area contributed by atoms with Crippen LogP contribution in [-0.4, -0.2) is 56.3 Å². The number of benzene rings is 3. The first-order valence-electron chi connectivity index (χ1n) is 11.7. The molecule has 1 amide bonds. The fourth-order valence-electron chi connectivity index (χ4n) is 4.30. The van der Waals surface area contributed by atoms with Crippen molar-refractivity contribution in [3.05, 3.63) is 92.9 Å². The van der Waals surface area contributed by atoms with Crippen LogP contribution in [0.3, 0.4) is 0 Å². The van der Waals surface area contributed by atoms with Crippen LogP contribution in [0.4, 0.5) is 5.69 Å². The van der Waals surface area contributed by atoms with E-state index in [2.05, 4.69) is 52.9 Å². The summed E-state index contributed by atoms with van der Waals surface area (Å²) in [6, 6.07) is 19.7. The molecule has 1 fully saturated rings. The lowest BCUT2D eigenvalue weighted by atomic mass is 10.1. The molecule has 0 atom stereocenters. The number of aryl methyl sites for hydroxylation is 1. The van der Waals surface area contributed by atoms with E-state index in [0.29, 0.717) is 31.2 Å². The van der Waals surface area contributed by atoms with Crippen LogP contribution in [0.1, 0.15) is 16.7 Å². The Hall–Kier alpha value is -2.39.